The fraction of sp³-hybridized carbons (Fsp3) is 0.577. The van der Waals surface area contributed by atoms with Crippen LogP contribution in [0.1, 0.15) is 45.0 Å². The molecule has 0 spiro atoms. The van der Waals surface area contributed by atoms with E-state index >= 15 is 0 Å². The van der Waals surface area contributed by atoms with Crippen molar-refractivity contribution in [3.05, 3.63) is 23.7 Å². The number of aliphatic hydroxyl groups is 3. The topological polar surface area (TPSA) is 175 Å². The van der Waals surface area contributed by atoms with Crippen LogP contribution in [0, 0.1) is 19.8 Å². The van der Waals surface area contributed by atoms with Gasteiger partial charge in [-0.25, -0.2) is 9.97 Å². The molecule has 212 valence electrons. The normalized spacial score (nSPS) is 22.6. The Morgan fingerprint density at radius 2 is 2.03 bits per heavy atom. The first-order valence-electron chi connectivity index (χ1n) is 13.2. The van der Waals surface area contributed by atoms with Crippen molar-refractivity contribution >= 4 is 39.2 Å². The maximum absolute atomic E-state index is 12.2. The second-order valence-electron chi connectivity index (χ2n) is 9.86. The van der Waals surface area contributed by atoms with Crippen molar-refractivity contribution in [2.24, 2.45) is 5.92 Å². The Hall–Kier alpha value is -2.97. The number of anilines is 2. The molecule has 6 N–H and O–H groups in total. The van der Waals surface area contributed by atoms with Gasteiger partial charge in [-0.3, -0.25) is 9.78 Å². The van der Waals surface area contributed by atoms with Crippen molar-refractivity contribution in [3.8, 4) is 10.6 Å². The maximum Gasteiger partial charge on any atom is 0.249 e. The summed E-state index contributed by atoms with van der Waals surface area (Å²) in [5.41, 5.74) is 0.888. The largest absolute Gasteiger partial charge is 0.388 e. The highest BCUT2D eigenvalue weighted by Gasteiger charge is 2.51. The number of ether oxygens (including phenoxy) is 1. The Bertz CT molecular complexity index is 1320. The number of nitrogens with one attached hydrogen (secondary N) is 3. The lowest BCUT2D eigenvalue weighted by Gasteiger charge is -2.32. The van der Waals surface area contributed by atoms with Crippen molar-refractivity contribution < 1.29 is 24.9 Å². The van der Waals surface area contributed by atoms with Crippen LogP contribution in [0.15, 0.2) is 12.3 Å². The minimum atomic E-state index is -1.85. The molecule has 1 saturated carbocycles. The predicted molar refractivity (Wildman–Crippen MR) is 149 cm³/mol. The highest BCUT2D eigenvalue weighted by Crippen LogP contribution is 2.41. The van der Waals surface area contributed by atoms with Crippen LogP contribution in [0.3, 0.4) is 0 Å². The number of hydrogen-bond acceptors (Lipinski definition) is 12. The van der Waals surface area contributed by atoms with Gasteiger partial charge in [0.2, 0.25) is 11.9 Å². The van der Waals surface area contributed by atoms with Gasteiger partial charge < -0.3 is 36.0 Å². The molecule has 3 aromatic heterocycles. The van der Waals surface area contributed by atoms with E-state index < -0.39 is 29.8 Å². The van der Waals surface area contributed by atoms with E-state index in [1.165, 1.54) is 11.3 Å². The molecule has 13 heteroatoms. The lowest BCUT2D eigenvalue weighted by atomic mass is 9.96. The zero-order valence-electron chi connectivity index (χ0n) is 22.9. The zero-order valence-corrected chi connectivity index (χ0v) is 23.7. The highest BCUT2D eigenvalue weighted by molar-refractivity contribution is 7.21. The third-order valence-electron chi connectivity index (χ3n) is 6.86. The summed E-state index contributed by atoms with van der Waals surface area (Å²) in [5, 5.41) is 42.6. The van der Waals surface area contributed by atoms with Crippen LogP contribution in [-0.2, 0) is 9.53 Å². The molecule has 0 bridgehead atoms. The van der Waals surface area contributed by atoms with E-state index in [4.69, 9.17) is 9.72 Å². The van der Waals surface area contributed by atoms with Crippen molar-refractivity contribution in [1.82, 2.24) is 25.3 Å². The number of nitrogens with zero attached hydrogens (tertiary/aromatic N) is 4. The molecule has 0 aromatic carbocycles. The van der Waals surface area contributed by atoms with Gasteiger partial charge in [-0.05, 0) is 53.5 Å². The number of carbonyl (C=O) groups is 1. The van der Waals surface area contributed by atoms with E-state index in [2.05, 4.69) is 30.9 Å². The molecule has 4 rings (SSSR count). The second kappa shape index (κ2) is 12.0. The molecule has 1 amide bonds. The highest BCUT2D eigenvalue weighted by atomic mass is 32.1. The number of carbonyl (C=O) groups excluding carboxylic acids is 1. The van der Waals surface area contributed by atoms with Crippen LogP contribution in [0.4, 0.5) is 11.8 Å². The lowest BCUT2D eigenvalue weighted by molar-refractivity contribution is -0.136. The molecule has 0 saturated heterocycles. The summed E-state index contributed by atoms with van der Waals surface area (Å²) in [4.78, 5) is 30.7. The van der Waals surface area contributed by atoms with Gasteiger partial charge in [0.15, 0.2) is 5.72 Å². The number of aliphatic hydroxyl groups excluding tert-OH is 2. The first-order valence-corrected chi connectivity index (χ1v) is 14.0. The van der Waals surface area contributed by atoms with Crippen molar-refractivity contribution in [1.29, 1.82) is 0 Å². The summed E-state index contributed by atoms with van der Waals surface area (Å²) in [6.07, 6.45) is -0.853. The number of amides is 1. The van der Waals surface area contributed by atoms with E-state index in [9.17, 15) is 20.1 Å². The fourth-order valence-electron chi connectivity index (χ4n) is 4.82. The Morgan fingerprint density at radius 3 is 2.72 bits per heavy atom. The molecule has 0 radical (unpaired) electrons. The Labute approximate surface area is 231 Å². The molecule has 1 fully saturated rings. The molecule has 1 aliphatic rings. The van der Waals surface area contributed by atoms with Crippen LogP contribution < -0.4 is 16.0 Å². The predicted octanol–water partition coefficient (Wildman–Crippen LogP) is 1.97. The minimum absolute atomic E-state index is 0.0870. The van der Waals surface area contributed by atoms with E-state index in [0.29, 0.717) is 42.0 Å². The Balaban J connectivity index is 1.72. The summed E-state index contributed by atoms with van der Waals surface area (Å²) < 4.78 is 6.44. The van der Waals surface area contributed by atoms with Gasteiger partial charge in [0, 0.05) is 31.3 Å². The number of thiazole rings is 1. The lowest BCUT2D eigenvalue weighted by Crippen LogP contribution is -2.51. The molecular formula is C26H37N7O5S. The van der Waals surface area contributed by atoms with Crippen molar-refractivity contribution in [3.63, 3.8) is 0 Å². The SMILES string of the molecule is CCNC(=O)C(O)C1CCC(O)(Nc2nc(NC(C)COCC)nc(C)c2-c2nc3c(C)nccc3s2)C1O. The summed E-state index contributed by atoms with van der Waals surface area (Å²) >= 11 is 1.45. The average Bonchev–Trinajstić information content (AvgIpc) is 3.44. The van der Waals surface area contributed by atoms with Crippen molar-refractivity contribution in [2.45, 2.75) is 71.4 Å². The molecule has 3 heterocycles. The molecule has 5 unspecified atom stereocenters. The number of fused-ring (bicyclic) bond motifs is 1. The quantitative estimate of drug-likeness (QED) is 0.190. The molecule has 12 nitrogen and oxygen atoms in total. The third-order valence-corrected chi connectivity index (χ3v) is 7.89. The zero-order chi connectivity index (χ0) is 28.3. The van der Waals surface area contributed by atoms with E-state index in [1.54, 1.807) is 13.1 Å². The first kappa shape index (κ1) is 29.0. The standard InChI is InChI=1S/C26H37N7O5S/c1-6-27-23(36)20(34)16-8-10-26(37,21(16)35)33-22-18(24-31-19-15(5)28-11-9-17(19)39-24)14(4)30-25(32-22)29-13(3)12-38-7-2/h9,11,13,16,20-21,34-35,37H,6-8,10,12H2,1-5H3,(H,27,36)(H2,29,30,32,33). The third kappa shape index (κ3) is 6.12. The molecule has 5 atom stereocenters. The van der Waals surface area contributed by atoms with Crippen LogP contribution in [0.2, 0.25) is 0 Å². The number of aryl methyl sites for hydroxylation is 2. The van der Waals surface area contributed by atoms with Gasteiger partial charge in [0.1, 0.15) is 28.6 Å². The average molecular weight is 560 g/mol. The van der Waals surface area contributed by atoms with Gasteiger partial charge in [0.05, 0.1) is 28.3 Å². The van der Waals surface area contributed by atoms with Crippen LogP contribution in [0.5, 0.6) is 0 Å². The van der Waals surface area contributed by atoms with Gasteiger partial charge in [-0.2, -0.15) is 4.98 Å². The minimum Gasteiger partial charge on any atom is -0.388 e. The van der Waals surface area contributed by atoms with Crippen LogP contribution in [-0.4, -0.2) is 84.9 Å². The van der Waals surface area contributed by atoms with Crippen LogP contribution in [0.25, 0.3) is 20.8 Å². The molecular weight excluding hydrogens is 522 g/mol. The number of rotatable bonds is 11. The Kier molecular flexibility index (Phi) is 8.96. The van der Waals surface area contributed by atoms with Gasteiger partial charge in [0.25, 0.3) is 0 Å². The van der Waals surface area contributed by atoms with E-state index in [0.717, 1.165) is 15.9 Å². The molecule has 39 heavy (non-hydrogen) atoms. The Morgan fingerprint density at radius 1 is 1.26 bits per heavy atom. The number of likely N-dealkylation sites (N-methyl/N-ethyl adjacent to an activating group) is 1. The molecule has 1 aliphatic carbocycles. The van der Waals surface area contributed by atoms with Gasteiger partial charge >= 0.3 is 0 Å². The van der Waals surface area contributed by atoms with E-state index in [1.807, 2.05) is 33.8 Å². The number of pyridine rings is 1. The number of hydrogen-bond donors (Lipinski definition) is 6. The fourth-order valence-corrected chi connectivity index (χ4v) is 5.93. The second-order valence-corrected chi connectivity index (χ2v) is 10.9. The first-order chi connectivity index (χ1) is 18.6. The smallest absolute Gasteiger partial charge is 0.249 e. The van der Waals surface area contributed by atoms with E-state index in [-0.39, 0.29) is 24.7 Å². The summed E-state index contributed by atoms with van der Waals surface area (Å²) in [6, 6.07) is 1.80. The number of aromatic nitrogens is 4. The maximum atomic E-state index is 12.2. The summed E-state index contributed by atoms with van der Waals surface area (Å²) in [7, 11) is 0. The monoisotopic (exact) mass is 559 g/mol. The summed E-state index contributed by atoms with van der Waals surface area (Å²) in [5.74, 6) is -0.856. The van der Waals surface area contributed by atoms with Crippen LogP contribution >= 0.6 is 11.3 Å². The van der Waals surface area contributed by atoms with Gasteiger partial charge in [-0.1, -0.05) is 0 Å². The van der Waals surface area contributed by atoms with Gasteiger partial charge in [-0.15, -0.1) is 11.3 Å². The van der Waals surface area contributed by atoms with Crippen molar-refractivity contribution in [2.75, 3.05) is 30.4 Å². The molecule has 3 aromatic rings. The molecule has 0 aliphatic heterocycles. The summed E-state index contributed by atoms with van der Waals surface area (Å²) in [6.45, 7) is 10.7.